The molecule has 0 amide bonds. The number of piperazine rings is 1. The zero-order valence-corrected chi connectivity index (χ0v) is 26.5. The third-order valence-electron chi connectivity index (χ3n) is 11.9. The van der Waals surface area contributed by atoms with Crippen LogP contribution in [-0.2, 0) is 18.3 Å². The monoisotopic (exact) mass is 597 g/mol. The SMILES string of the molecule is C[C@H]1CCOC2C(CNN2C)C2NCCC(NC3CC4C(CN3)C(c3ccc(CN5CCN6CCCC6C5)n3C)NN41)N2. The first-order valence-corrected chi connectivity index (χ1v) is 17.2. The summed E-state index contributed by atoms with van der Waals surface area (Å²) in [5.41, 5.74) is 10.5. The molecule has 0 aliphatic carbocycles. The van der Waals surface area contributed by atoms with Crippen LogP contribution >= 0.6 is 0 Å². The number of nitrogens with one attached hydrogen (secondary N) is 6. The van der Waals surface area contributed by atoms with E-state index in [0.717, 1.165) is 58.1 Å². The zero-order chi connectivity index (χ0) is 29.1. The summed E-state index contributed by atoms with van der Waals surface area (Å²) in [6, 6.07) is 6.73. The van der Waals surface area contributed by atoms with Gasteiger partial charge in [0.15, 0.2) is 0 Å². The van der Waals surface area contributed by atoms with Crippen molar-refractivity contribution in [1.82, 2.24) is 56.5 Å². The lowest BCUT2D eigenvalue weighted by Crippen LogP contribution is -2.67. The quantitative estimate of drug-likeness (QED) is 0.272. The second kappa shape index (κ2) is 12.2. The van der Waals surface area contributed by atoms with Crippen molar-refractivity contribution in [3.8, 4) is 0 Å². The molecule has 7 saturated heterocycles. The fourth-order valence-electron chi connectivity index (χ4n) is 9.40. The largest absolute Gasteiger partial charge is 0.361 e. The highest BCUT2D eigenvalue weighted by atomic mass is 16.5. The molecule has 7 aliphatic heterocycles. The first-order valence-electron chi connectivity index (χ1n) is 17.2. The number of hydrazine groups is 2. The Bertz CT molecular complexity index is 1120. The predicted molar refractivity (Wildman–Crippen MR) is 166 cm³/mol. The van der Waals surface area contributed by atoms with Crippen molar-refractivity contribution < 1.29 is 4.74 Å². The van der Waals surface area contributed by atoms with Crippen molar-refractivity contribution in [2.75, 3.05) is 59.5 Å². The Hall–Kier alpha value is -1.16. The Morgan fingerprint density at radius 1 is 0.953 bits per heavy atom. The number of hydrogen-bond donors (Lipinski definition) is 6. The summed E-state index contributed by atoms with van der Waals surface area (Å²) >= 11 is 0. The van der Waals surface area contributed by atoms with Crippen molar-refractivity contribution in [2.45, 2.75) is 94.5 Å². The first kappa shape index (κ1) is 29.3. The number of aromatic nitrogens is 1. The van der Waals surface area contributed by atoms with Crippen LogP contribution in [0.25, 0.3) is 0 Å². The highest BCUT2D eigenvalue weighted by Gasteiger charge is 2.49. The van der Waals surface area contributed by atoms with Crippen LogP contribution in [0.3, 0.4) is 0 Å². The van der Waals surface area contributed by atoms with Gasteiger partial charge in [0.25, 0.3) is 0 Å². The van der Waals surface area contributed by atoms with E-state index in [1.807, 2.05) is 0 Å². The highest BCUT2D eigenvalue weighted by Crippen LogP contribution is 2.39. The van der Waals surface area contributed by atoms with E-state index in [0.29, 0.717) is 36.1 Å². The molecule has 12 heteroatoms. The normalized spacial score (nSPS) is 43.4. The summed E-state index contributed by atoms with van der Waals surface area (Å²) < 4.78 is 9.11. The van der Waals surface area contributed by atoms with Gasteiger partial charge in [0, 0.05) is 94.7 Å². The van der Waals surface area contributed by atoms with Gasteiger partial charge in [-0.2, -0.15) is 0 Å². The Morgan fingerprint density at radius 2 is 1.88 bits per heavy atom. The van der Waals surface area contributed by atoms with Gasteiger partial charge in [-0.3, -0.25) is 25.9 Å². The van der Waals surface area contributed by atoms with Crippen LogP contribution in [0.1, 0.15) is 56.5 Å². The van der Waals surface area contributed by atoms with Gasteiger partial charge in [-0.1, -0.05) is 0 Å². The molecule has 7 aliphatic rings. The van der Waals surface area contributed by atoms with Gasteiger partial charge in [0.1, 0.15) is 6.23 Å². The highest BCUT2D eigenvalue weighted by molar-refractivity contribution is 5.23. The summed E-state index contributed by atoms with van der Waals surface area (Å²) in [6.07, 6.45) is 6.79. The van der Waals surface area contributed by atoms with Gasteiger partial charge in [0.2, 0.25) is 0 Å². The molecule has 12 nitrogen and oxygen atoms in total. The maximum atomic E-state index is 6.61. The van der Waals surface area contributed by atoms with Crippen LogP contribution in [0, 0.1) is 11.8 Å². The maximum absolute atomic E-state index is 6.61. The van der Waals surface area contributed by atoms with Gasteiger partial charge in [-0.15, -0.1) is 0 Å². The van der Waals surface area contributed by atoms with E-state index in [-0.39, 0.29) is 18.6 Å². The number of hydrogen-bond acceptors (Lipinski definition) is 11. The minimum Gasteiger partial charge on any atom is -0.361 e. The molecular formula is C31H55N11O. The predicted octanol–water partition coefficient (Wildman–Crippen LogP) is -0.504. The molecule has 1 aromatic heterocycles. The van der Waals surface area contributed by atoms with Crippen LogP contribution in [0.5, 0.6) is 0 Å². The molecule has 0 saturated carbocycles. The standard InChI is InChI=1S/C31H55N11O/c1-20-9-14-43-31-24(17-34-39(31)3)30-32-10-8-27(36-30)35-28-15-26-23(16-33-28)29(37-42(20)26)25-7-6-21(38(25)2)18-40-12-13-41-11-4-5-22(41)19-40/h6-7,20,22-24,26-37H,4-5,8-19H2,1-3H3/t20-,22?,23?,24?,26?,27?,28?,29?,30?,31?/m0/s1. The molecule has 6 N–H and O–H groups in total. The zero-order valence-electron chi connectivity index (χ0n) is 26.5. The summed E-state index contributed by atoms with van der Waals surface area (Å²) in [5, 5.41) is 20.3. The van der Waals surface area contributed by atoms with Gasteiger partial charge in [0.05, 0.1) is 31.1 Å². The summed E-state index contributed by atoms with van der Waals surface area (Å²) in [6.45, 7) is 12.1. The number of nitrogens with zero attached hydrogens (tertiary/aromatic N) is 5. The number of rotatable bonds is 3. The van der Waals surface area contributed by atoms with E-state index < -0.39 is 0 Å². The molecule has 240 valence electrons. The van der Waals surface area contributed by atoms with Gasteiger partial charge >= 0.3 is 0 Å². The summed E-state index contributed by atoms with van der Waals surface area (Å²) in [4.78, 5) is 5.40. The minimum absolute atomic E-state index is 0.0574. The molecule has 9 unspecified atom stereocenters. The minimum atomic E-state index is 0.0574. The van der Waals surface area contributed by atoms with Crippen LogP contribution < -0.4 is 32.1 Å². The van der Waals surface area contributed by atoms with E-state index in [1.165, 1.54) is 50.4 Å². The number of fused-ring (bicyclic) bond motifs is 6. The molecule has 8 rings (SSSR count). The maximum Gasteiger partial charge on any atom is 0.129 e. The van der Waals surface area contributed by atoms with Crippen molar-refractivity contribution in [3.63, 3.8) is 0 Å². The van der Waals surface area contributed by atoms with Gasteiger partial charge in [-0.05, 0) is 64.3 Å². The van der Waals surface area contributed by atoms with Crippen molar-refractivity contribution in [3.05, 3.63) is 23.5 Å². The smallest absolute Gasteiger partial charge is 0.129 e. The first-order chi connectivity index (χ1) is 21.0. The van der Waals surface area contributed by atoms with Crippen molar-refractivity contribution in [1.29, 1.82) is 0 Å². The molecule has 8 heterocycles. The van der Waals surface area contributed by atoms with E-state index in [4.69, 9.17) is 4.74 Å². The molecule has 10 atom stereocenters. The van der Waals surface area contributed by atoms with E-state index in [9.17, 15) is 0 Å². The lowest BCUT2D eigenvalue weighted by atomic mass is 9.85. The Balaban J connectivity index is 1.00. The lowest BCUT2D eigenvalue weighted by Gasteiger charge is -2.43. The Morgan fingerprint density at radius 3 is 2.81 bits per heavy atom. The second-order valence-electron chi connectivity index (χ2n) is 14.5. The molecule has 0 aromatic carbocycles. The topological polar surface area (TPSA) is 99.3 Å². The van der Waals surface area contributed by atoms with Crippen LogP contribution in [0.15, 0.2) is 12.1 Å². The Labute approximate surface area is 257 Å². The van der Waals surface area contributed by atoms with E-state index in [2.05, 4.69) is 89.7 Å². The molecule has 4 bridgehead atoms. The molecule has 43 heavy (non-hydrogen) atoms. The fourth-order valence-corrected chi connectivity index (χ4v) is 9.40. The third kappa shape index (κ3) is 5.61. The molecule has 7 fully saturated rings. The number of ether oxygens (including phenoxy) is 1. The average molecular weight is 598 g/mol. The lowest BCUT2D eigenvalue weighted by molar-refractivity contribution is -0.0791. The summed E-state index contributed by atoms with van der Waals surface area (Å²) in [5.74, 6) is 0.869. The Kier molecular flexibility index (Phi) is 8.31. The van der Waals surface area contributed by atoms with Crippen molar-refractivity contribution >= 4 is 0 Å². The van der Waals surface area contributed by atoms with Gasteiger partial charge < -0.3 is 19.9 Å². The third-order valence-corrected chi connectivity index (χ3v) is 11.9. The molecule has 0 radical (unpaired) electrons. The fraction of sp³-hybridized carbons (Fsp3) is 0.871. The van der Waals surface area contributed by atoms with Crippen LogP contribution in [0.2, 0.25) is 0 Å². The number of piperidine rings is 1. The second-order valence-corrected chi connectivity index (χ2v) is 14.5. The molecule has 0 spiro atoms. The van der Waals surface area contributed by atoms with Crippen LogP contribution in [-0.4, -0.2) is 127 Å². The van der Waals surface area contributed by atoms with E-state index >= 15 is 0 Å². The molecular weight excluding hydrogens is 542 g/mol. The van der Waals surface area contributed by atoms with Gasteiger partial charge in [-0.25, -0.2) is 15.4 Å². The average Bonchev–Trinajstić information content (AvgIpc) is 3.79. The van der Waals surface area contributed by atoms with Crippen LogP contribution in [0.4, 0.5) is 0 Å². The van der Waals surface area contributed by atoms with Crippen molar-refractivity contribution in [2.24, 2.45) is 18.9 Å². The van der Waals surface area contributed by atoms with E-state index in [1.54, 1.807) is 0 Å². The molecule has 1 aromatic rings. The summed E-state index contributed by atoms with van der Waals surface area (Å²) in [7, 11) is 4.41.